The fourth-order valence-electron chi connectivity index (χ4n) is 1.60. The van der Waals surface area contributed by atoms with Gasteiger partial charge in [0.25, 0.3) is 0 Å². The molecule has 1 rings (SSSR count). The topological polar surface area (TPSA) is 21.7 Å². The molecule has 0 aromatic rings. The number of alkyl halides is 1. The molecule has 0 radical (unpaired) electrons. The van der Waals surface area contributed by atoms with E-state index >= 15 is 0 Å². The molecule has 0 spiro atoms. The second-order valence-corrected chi connectivity index (χ2v) is 4.92. The standard InChI is InChI=1S/C9H18BrNO2/c1-7-4-11(5-8(2)13-7)6-12-9(3)10/h7-9H,4-6H2,1-3H3/t7-,8+,9?. The second-order valence-electron chi connectivity index (χ2n) is 3.63. The summed E-state index contributed by atoms with van der Waals surface area (Å²) in [5, 5.41) is 0.126. The average Bonchev–Trinajstić information content (AvgIpc) is 1.99. The number of ether oxygens (including phenoxy) is 2. The van der Waals surface area contributed by atoms with E-state index < -0.39 is 0 Å². The monoisotopic (exact) mass is 251 g/mol. The first-order chi connectivity index (χ1) is 6.08. The minimum Gasteiger partial charge on any atom is -0.373 e. The van der Waals surface area contributed by atoms with Crippen LogP contribution in [-0.2, 0) is 9.47 Å². The quantitative estimate of drug-likeness (QED) is 0.715. The molecule has 0 bridgehead atoms. The van der Waals surface area contributed by atoms with Gasteiger partial charge >= 0.3 is 0 Å². The van der Waals surface area contributed by atoms with Crippen LogP contribution < -0.4 is 0 Å². The molecule has 0 N–H and O–H groups in total. The van der Waals surface area contributed by atoms with Crippen molar-refractivity contribution >= 4 is 15.9 Å². The highest BCUT2D eigenvalue weighted by Gasteiger charge is 2.21. The molecule has 0 amide bonds. The maximum Gasteiger partial charge on any atom is 0.111 e. The fraction of sp³-hybridized carbons (Fsp3) is 1.00. The van der Waals surface area contributed by atoms with Gasteiger partial charge in [0.05, 0.1) is 12.2 Å². The van der Waals surface area contributed by atoms with E-state index in [9.17, 15) is 0 Å². The summed E-state index contributed by atoms with van der Waals surface area (Å²) in [6.45, 7) is 8.78. The van der Waals surface area contributed by atoms with E-state index in [0.717, 1.165) is 13.1 Å². The van der Waals surface area contributed by atoms with Gasteiger partial charge in [0, 0.05) is 13.1 Å². The lowest BCUT2D eigenvalue weighted by atomic mass is 10.2. The molecule has 3 nitrogen and oxygen atoms in total. The summed E-state index contributed by atoms with van der Waals surface area (Å²) in [4.78, 5) is 2.27. The van der Waals surface area contributed by atoms with Crippen LogP contribution in [0.25, 0.3) is 0 Å². The highest BCUT2D eigenvalue weighted by atomic mass is 79.9. The zero-order valence-electron chi connectivity index (χ0n) is 8.50. The van der Waals surface area contributed by atoms with E-state index in [4.69, 9.17) is 9.47 Å². The van der Waals surface area contributed by atoms with Crippen LogP contribution in [0, 0.1) is 0 Å². The van der Waals surface area contributed by atoms with E-state index in [1.54, 1.807) is 0 Å². The van der Waals surface area contributed by atoms with Crippen molar-refractivity contribution in [2.45, 2.75) is 38.0 Å². The van der Waals surface area contributed by atoms with Gasteiger partial charge in [-0.1, -0.05) is 15.9 Å². The van der Waals surface area contributed by atoms with Crippen molar-refractivity contribution in [1.29, 1.82) is 0 Å². The first-order valence-corrected chi connectivity index (χ1v) is 5.63. The number of halogens is 1. The molecule has 1 fully saturated rings. The van der Waals surface area contributed by atoms with Crippen molar-refractivity contribution in [1.82, 2.24) is 4.90 Å². The fourth-order valence-corrected chi connectivity index (χ4v) is 1.72. The molecule has 4 heteroatoms. The van der Waals surface area contributed by atoms with Crippen LogP contribution in [0.2, 0.25) is 0 Å². The Labute approximate surface area is 88.5 Å². The number of morpholine rings is 1. The summed E-state index contributed by atoms with van der Waals surface area (Å²) >= 11 is 3.35. The third-order valence-electron chi connectivity index (χ3n) is 1.98. The molecule has 0 saturated carbocycles. The predicted octanol–water partition coefficient (Wildman–Crippen LogP) is 1.81. The summed E-state index contributed by atoms with van der Waals surface area (Å²) in [5.74, 6) is 0. The van der Waals surface area contributed by atoms with Gasteiger partial charge in [-0.25, -0.2) is 0 Å². The lowest BCUT2D eigenvalue weighted by molar-refractivity contribution is -0.101. The number of nitrogens with zero attached hydrogens (tertiary/aromatic N) is 1. The van der Waals surface area contributed by atoms with Crippen molar-refractivity contribution in [3.05, 3.63) is 0 Å². The van der Waals surface area contributed by atoms with Crippen molar-refractivity contribution < 1.29 is 9.47 Å². The van der Waals surface area contributed by atoms with Crippen LogP contribution in [0.3, 0.4) is 0 Å². The molecule has 1 aliphatic heterocycles. The smallest absolute Gasteiger partial charge is 0.111 e. The highest BCUT2D eigenvalue weighted by Crippen LogP contribution is 2.11. The Morgan fingerprint density at radius 2 is 2.00 bits per heavy atom. The minimum atomic E-state index is 0.126. The molecule has 1 heterocycles. The van der Waals surface area contributed by atoms with E-state index in [0.29, 0.717) is 18.9 Å². The summed E-state index contributed by atoms with van der Waals surface area (Å²) in [6.07, 6.45) is 0.635. The lowest BCUT2D eigenvalue weighted by Gasteiger charge is -2.35. The molecular formula is C9H18BrNO2. The van der Waals surface area contributed by atoms with E-state index in [-0.39, 0.29) is 5.01 Å². The first-order valence-electron chi connectivity index (χ1n) is 4.71. The van der Waals surface area contributed by atoms with Crippen molar-refractivity contribution in [2.24, 2.45) is 0 Å². The Hall–Kier alpha value is 0.360. The van der Waals surface area contributed by atoms with Crippen LogP contribution in [0.1, 0.15) is 20.8 Å². The Bertz CT molecular complexity index is 145. The summed E-state index contributed by atoms with van der Waals surface area (Å²) in [5.41, 5.74) is 0. The van der Waals surface area contributed by atoms with Crippen LogP contribution in [0.5, 0.6) is 0 Å². The molecular weight excluding hydrogens is 234 g/mol. The molecule has 1 saturated heterocycles. The third kappa shape index (κ3) is 4.40. The largest absolute Gasteiger partial charge is 0.373 e. The zero-order valence-corrected chi connectivity index (χ0v) is 10.1. The van der Waals surface area contributed by atoms with Crippen LogP contribution in [0.4, 0.5) is 0 Å². The number of rotatable bonds is 3. The van der Waals surface area contributed by atoms with Gasteiger partial charge in [0.15, 0.2) is 0 Å². The van der Waals surface area contributed by atoms with Crippen molar-refractivity contribution in [3.8, 4) is 0 Å². The Kier molecular flexibility index (Phi) is 4.66. The van der Waals surface area contributed by atoms with E-state index in [1.807, 2.05) is 6.92 Å². The maximum absolute atomic E-state index is 5.61. The van der Waals surface area contributed by atoms with Gasteiger partial charge in [-0.15, -0.1) is 0 Å². The average molecular weight is 252 g/mol. The number of hydrogen-bond donors (Lipinski definition) is 0. The zero-order chi connectivity index (χ0) is 9.84. The Balaban J connectivity index is 2.25. The molecule has 1 aliphatic rings. The first kappa shape index (κ1) is 11.4. The van der Waals surface area contributed by atoms with Gasteiger partial charge in [-0.05, 0) is 20.8 Å². The van der Waals surface area contributed by atoms with Gasteiger partial charge in [0.2, 0.25) is 0 Å². The van der Waals surface area contributed by atoms with E-state index in [1.165, 1.54) is 0 Å². The molecule has 78 valence electrons. The van der Waals surface area contributed by atoms with Crippen LogP contribution in [0.15, 0.2) is 0 Å². The number of hydrogen-bond acceptors (Lipinski definition) is 3. The predicted molar refractivity (Wildman–Crippen MR) is 55.9 cm³/mol. The van der Waals surface area contributed by atoms with Gasteiger partial charge in [-0.2, -0.15) is 0 Å². The summed E-state index contributed by atoms with van der Waals surface area (Å²) < 4.78 is 11.1. The molecule has 3 atom stereocenters. The normalized spacial score (nSPS) is 33.2. The molecule has 13 heavy (non-hydrogen) atoms. The SMILES string of the molecule is CC(Br)OCN1C[C@@H](C)O[C@@H](C)C1. The highest BCUT2D eigenvalue weighted by molar-refractivity contribution is 9.09. The van der Waals surface area contributed by atoms with Gasteiger partial charge in [-0.3, -0.25) is 4.90 Å². The molecule has 0 aromatic carbocycles. The second kappa shape index (κ2) is 5.29. The summed E-state index contributed by atoms with van der Waals surface area (Å²) in [6, 6.07) is 0. The van der Waals surface area contributed by atoms with Crippen LogP contribution >= 0.6 is 15.9 Å². The van der Waals surface area contributed by atoms with E-state index in [2.05, 4.69) is 34.7 Å². The van der Waals surface area contributed by atoms with Crippen molar-refractivity contribution in [2.75, 3.05) is 19.8 Å². The molecule has 0 aromatic heterocycles. The minimum absolute atomic E-state index is 0.126. The van der Waals surface area contributed by atoms with Crippen LogP contribution in [-0.4, -0.2) is 41.9 Å². The lowest BCUT2D eigenvalue weighted by Crippen LogP contribution is -2.46. The molecule has 0 aliphatic carbocycles. The van der Waals surface area contributed by atoms with Gasteiger partial charge in [0.1, 0.15) is 11.7 Å². The van der Waals surface area contributed by atoms with Crippen molar-refractivity contribution in [3.63, 3.8) is 0 Å². The molecule has 1 unspecified atom stereocenters. The maximum atomic E-state index is 5.61. The summed E-state index contributed by atoms with van der Waals surface area (Å²) in [7, 11) is 0. The van der Waals surface area contributed by atoms with Gasteiger partial charge < -0.3 is 9.47 Å². The Morgan fingerprint density at radius 3 is 2.46 bits per heavy atom. The Morgan fingerprint density at radius 1 is 1.46 bits per heavy atom. The third-order valence-corrected chi connectivity index (χ3v) is 2.25.